The van der Waals surface area contributed by atoms with Gasteiger partial charge in [0.15, 0.2) is 0 Å². The zero-order valence-electron chi connectivity index (χ0n) is 11.2. The number of para-hydroxylation sites is 1. The fraction of sp³-hybridized carbons (Fsp3) is 0.200. The highest BCUT2D eigenvalue weighted by atomic mass is 33.1. The largest absolute Gasteiger partial charge is 0.493 e. The number of benzene rings is 2. The fourth-order valence-electron chi connectivity index (χ4n) is 1.59. The van der Waals surface area contributed by atoms with E-state index in [1.54, 1.807) is 24.3 Å². The van der Waals surface area contributed by atoms with Gasteiger partial charge < -0.3 is 4.74 Å². The summed E-state index contributed by atoms with van der Waals surface area (Å²) in [6.45, 7) is 2.29. The lowest BCUT2D eigenvalue weighted by Crippen LogP contribution is -2.04. The minimum atomic E-state index is -3.29. The van der Waals surface area contributed by atoms with Crippen molar-refractivity contribution in [2.24, 2.45) is 0 Å². The van der Waals surface area contributed by atoms with Gasteiger partial charge in [-0.1, -0.05) is 35.9 Å². The van der Waals surface area contributed by atoms with E-state index >= 15 is 0 Å². The highest BCUT2D eigenvalue weighted by Crippen LogP contribution is 2.23. The molecule has 2 aromatic rings. The summed E-state index contributed by atoms with van der Waals surface area (Å²) in [7, 11) is -2.39. The molecule has 3 nitrogen and oxygen atoms in total. The Balaban J connectivity index is 1.85. The van der Waals surface area contributed by atoms with E-state index in [9.17, 15) is 8.42 Å². The molecule has 0 spiro atoms. The Labute approximate surface area is 123 Å². The molecule has 0 N–H and O–H groups in total. The summed E-state index contributed by atoms with van der Waals surface area (Å²) < 4.78 is 29.6. The van der Waals surface area contributed by atoms with Crippen LogP contribution >= 0.6 is 10.8 Å². The average molecular weight is 308 g/mol. The van der Waals surface area contributed by atoms with Crippen LogP contribution in [0.25, 0.3) is 0 Å². The molecule has 0 radical (unpaired) electrons. The Hall–Kier alpha value is -1.46. The van der Waals surface area contributed by atoms with Crippen LogP contribution in [-0.2, 0) is 8.87 Å². The van der Waals surface area contributed by atoms with Crippen LogP contribution in [0.15, 0.2) is 59.5 Å². The lowest BCUT2D eigenvalue weighted by molar-refractivity contribution is 0.344. The molecule has 0 fully saturated rings. The summed E-state index contributed by atoms with van der Waals surface area (Å²) in [5.41, 5.74) is 1.04. The van der Waals surface area contributed by atoms with Crippen LogP contribution in [0.4, 0.5) is 0 Å². The van der Waals surface area contributed by atoms with Crippen LogP contribution in [0, 0.1) is 6.92 Å². The van der Waals surface area contributed by atoms with E-state index in [2.05, 4.69) is 0 Å². The zero-order valence-corrected chi connectivity index (χ0v) is 12.8. The van der Waals surface area contributed by atoms with Gasteiger partial charge >= 0.3 is 0 Å². The number of hydrogen-bond acceptors (Lipinski definition) is 4. The minimum Gasteiger partial charge on any atom is -0.493 e. The van der Waals surface area contributed by atoms with Crippen molar-refractivity contribution in [2.45, 2.75) is 11.8 Å². The van der Waals surface area contributed by atoms with E-state index in [-0.39, 0.29) is 0 Å². The van der Waals surface area contributed by atoms with Crippen molar-refractivity contribution in [1.29, 1.82) is 0 Å². The van der Waals surface area contributed by atoms with Crippen molar-refractivity contribution in [2.75, 3.05) is 12.4 Å². The molecule has 0 amide bonds. The van der Waals surface area contributed by atoms with Crippen LogP contribution in [-0.4, -0.2) is 20.8 Å². The SMILES string of the molecule is Cc1ccc(S(=O)(=O)SCCOc2ccccc2)cc1. The molecular weight excluding hydrogens is 292 g/mol. The summed E-state index contributed by atoms with van der Waals surface area (Å²) >= 11 is 0. The molecule has 0 saturated heterocycles. The molecule has 0 aliphatic carbocycles. The predicted molar refractivity (Wildman–Crippen MR) is 82.8 cm³/mol. The Morgan fingerprint density at radius 3 is 2.30 bits per heavy atom. The molecule has 0 saturated carbocycles. The first-order valence-corrected chi connectivity index (χ1v) is 9.20. The number of aryl methyl sites for hydroxylation is 1. The Bertz CT molecular complexity index is 635. The lowest BCUT2D eigenvalue weighted by Gasteiger charge is -2.06. The molecule has 0 bridgehead atoms. The maximum atomic E-state index is 12.1. The van der Waals surface area contributed by atoms with Crippen molar-refractivity contribution in [3.05, 3.63) is 60.2 Å². The maximum Gasteiger partial charge on any atom is 0.230 e. The van der Waals surface area contributed by atoms with Crippen LogP contribution in [0.3, 0.4) is 0 Å². The van der Waals surface area contributed by atoms with Gasteiger partial charge in [-0.25, -0.2) is 8.42 Å². The fourth-order valence-corrected chi connectivity index (χ4v) is 4.17. The second-order valence-electron chi connectivity index (χ2n) is 4.25. The molecule has 5 heteroatoms. The number of rotatable bonds is 6. The van der Waals surface area contributed by atoms with Gasteiger partial charge in [0.05, 0.1) is 11.5 Å². The third kappa shape index (κ3) is 4.28. The molecule has 20 heavy (non-hydrogen) atoms. The quantitative estimate of drug-likeness (QED) is 0.605. The van der Waals surface area contributed by atoms with Crippen molar-refractivity contribution >= 4 is 19.7 Å². The van der Waals surface area contributed by atoms with E-state index in [1.165, 1.54) is 0 Å². The van der Waals surface area contributed by atoms with Gasteiger partial charge in [0.1, 0.15) is 5.75 Å². The highest BCUT2D eigenvalue weighted by Gasteiger charge is 2.14. The lowest BCUT2D eigenvalue weighted by atomic mass is 10.2. The van der Waals surface area contributed by atoms with Gasteiger partial charge in [-0.3, -0.25) is 0 Å². The molecule has 2 aromatic carbocycles. The molecule has 0 aliphatic heterocycles. The van der Waals surface area contributed by atoms with E-state index in [0.29, 0.717) is 17.3 Å². The monoisotopic (exact) mass is 308 g/mol. The average Bonchev–Trinajstić information content (AvgIpc) is 2.45. The molecule has 0 aliphatic rings. The van der Waals surface area contributed by atoms with Crippen LogP contribution in [0.1, 0.15) is 5.56 Å². The smallest absolute Gasteiger partial charge is 0.230 e. The first-order chi connectivity index (χ1) is 9.58. The van der Waals surface area contributed by atoms with Crippen LogP contribution in [0.5, 0.6) is 5.75 Å². The Kier molecular flexibility index (Phi) is 5.09. The van der Waals surface area contributed by atoms with Crippen LogP contribution in [0.2, 0.25) is 0 Å². The molecule has 0 aromatic heterocycles. The summed E-state index contributed by atoms with van der Waals surface area (Å²) in [4.78, 5) is 0.341. The van der Waals surface area contributed by atoms with Gasteiger partial charge in [0.25, 0.3) is 0 Å². The minimum absolute atomic E-state index is 0.341. The summed E-state index contributed by atoms with van der Waals surface area (Å²) in [5, 5.41) is 0. The molecule has 2 rings (SSSR count). The Morgan fingerprint density at radius 2 is 1.65 bits per heavy atom. The second-order valence-corrected chi connectivity index (χ2v) is 8.30. The first kappa shape index (κ1) is 14.9. The maximum absolute atomic E-state index is 12.1. The summed E-state index contributed by atoms with van der Waals surface area (Å²) in [6, 6.07) is 16.2. The third-order valence-electron chi connectivity index (χ3n) is 2.64. The standard InChI is InChI=1S/C15H16O3S2/c1-13-7-9-15(10-8-13)20(16,17)19-12-11-18-14-5-3-2-4-6-14/h2-10H,11-12H2,1H3. The van der Waals surface area contributed by atoms with Gasteiger partial charge in [0.2, 0.25) is 8.87 Å². The van der Waals surface area contributed by atoms with Gasteiger partial charge in [-0.05, 0) is 42.0 Å². The van der Waals surface area contributed by atoms with Gasteiger partial charge in [-0.2, -0.15) is 0 Å². The molecule has 0 atom stereocenters. The molecule has 0 heterocycles. The Morgan fingerprint density at radius 1 is 1.00 bits per heavy atom. The molecule has 0 unspecified atom stereocenters. The zero-order chi connectivity index (χ0) is 14.4. The first-order valence-electron chi connectivity index (χ1n) is 6.22. The molecule has 106 valence electrons. The normalized spacial score (nSPS) is 11.2. The van der Waals surface area contributed by atoms with Crippen molar-refractivity contribution in [3.63, 3.8) is 0 Å². The third-order valence-corrected chi connectivity index (χ3v) is 6.14. The van der Waals surface area contributed by atoms with E-state index < -0.39 is 8.87 Å². The van der Waals surface area contributed by atoms with Gasteiger partial charge in [0, 0.05) is 5.75 Å². The van der Waals surface area contributed by atoms with E-state index in [4.69, 9.17) is 4.74 Å². The number of ether oxygens (including phenoxy) is 1. The highest BCUT2D eigenvalue weighted by molar-refractivity contribution is 8.72. The van der Waals surface area contributed by atoms with Crippen molar-refractivity contribution < 1.29 is 13.2 Å². The summed E-state index contributed by atoms with van der Waals surface area (Å²) in [5.74, 6) is 1.14. The van der Waals surface area contributed by atoms with E-state index in [1.807, 2.05) is 37.3 Å². The second kappa shape index (κ2) is 6.81. The van der Waals surface area contributed by atoms with Crippen molar-refractivity contribution in [3.8, 4) is 5.75 Å². The van der Waals surface area contributed by atoms with Crippen LogP contribution < -0.4 is 4.74 Å². The number of hydrogen-bond donors (Lipinski definition) is 0. The van der Waals surface area contributed by atoms with E-state index in [0.717, 1.165) is 22.1 Å². The summed E-state index contributed by atoms with van der Waals surface area (Å²) in [6.07, 6.45) is 0. The van der Waals surface area contributed by atoms with Crippen molar-refractivity contribution in [1.82, 2.24) is 0 Å². The predicted octanol–water partition coefficient (Wildman–Crippen LogP) is 3.50. The van der Waals surface area contributed by atoms with Gasteiger partial charge in [-0.15, -0.1) is 0 Å². The topological polar surface area (TPSA) is 43.4 Å². The molecular formula is C15H16O3S2.